The molecule has 3 N–H and O–H groups in total. The zero-order chi connectivity index (χ0) is 14.5. The van der Waals surface area contributed by atoms with E-state index in [1.807, 2.05) is 18.2 Å². The van der Waals surface area contributed by atoms with Gasteiger partial charge in [-0.1, -0.05) is 43.5 Å². The maximum absolute atomic E-state index is 12.6. The number of allylic oxidation sites excluding steroid dienone is 4. The molecule has 0 amide bonds. The maximum atomic E-state index is 12.6. The minimum atomic E-state index is -3.04. The highest BCUT2D eigenvalue weighted by Gasteiger charge is 2.34. The van der Waals surface area contributed by atoms with Crippen molar-refractivity contribution in [2.24, 2.45) is 5.73 Å². The molecule has 1 atom stereocenters. The first-order valence-corrected chi connectivity index (χ1v) is 7.50. The Labute approximate surface area is 113 Å². The van der Waals surface area contributed by atoms with Gasteiger partial charge in [0.2, 0.25) is 0 Å². The van der Waals surface area contributed by atoms with E-state index in [4.69, 9.17) is 15.4 Å². The highest BCUT2D eigenvalue weighted by atomic mass is 31.2. The van der Waals surface area contributed by atoms with Gasteiger partial charge in [-0.15, -0.1) is 0 Å². The molecule has 19 heavy (non-hydrogen) atoms. The molecule has 4 nitrogen and oxygen atoms in total. The van der Waals surface area contributed by atoms with Gasteiger partial charge in [-0.05, 0) is 11.6 Å². The third kappa shape index (κ3) is 2.71. The first kappa shape index (κ1) is 15.4. The molecule has 0 aromatic heterocycles. The molecular weight excluding hydrogens is 261 g/mol. The van der Waals surface area contributed by atoms with Crippen LogP contribution in [0.5, 0.6) is 5.75 Å². The zero-order valence-electron chi connectivity index (χ0n) is 10.9. The Morgan fingerprint density at radius 1 is 1.32 bits per heavy atom. The molecule has 102 valence electrons. The van der Waals surface area contributed by atoms with Crippen molar-refractivity contribution in [2.45, 2.75) is 0 Å². The fourth-order valence-electron chi connectivity index (χ4n) is 1.90. The minimum absolute atomic E-state index is 0.0416. The van der Waals surface area contributed by atoms with E-state index < -0.39 is 7.37 Å². The fraction of sp³-hybridized carbons (Fsp3) is 0.143. The number of aliphatic hydroxyl groups excluding tert-OH is 1. The quantitative estimate of drug-likeness (QED) is 0.834. The van der Waals surface area contributed by atoms with E-state index in [2.05, 4.69) is 13.2 Å². The molecule has 5 heteroatoms. The standard InChI is InChI=1S/C13H14NO2P.CH4O/c1-3-10-11-7-5-6-8-12(11)16-17(15,9-14)13(10)4-2;1-2/h3-8H,1-2,9,14H2;2H,1H3. The predicted molar refractivity (Wildman–Crippen MR) is 79.2 cm³/mol. The van der Waals surface area contributed by atoms with Crippen molar-refractivity contribution < 1.29 is 14.2 Å². The average Bonchev–Trinajstić information content (AvgIpc) is 2.47. The molecule has 1 aliphatic heterocycles. The van der Waals surface area contributed by atoms with Gasteiger partial charge < -0.3 is 15.4 Å². The molecule has 1 aromatic carbocycles. The van der Waals surface area contributed by atoms with Gasteiger partial charge in [0.25, 0.3) is 7.37 Å². The van der Waals surface area contributed by atoms with Crippen molar-refractivity contribution in [3.05, 3.63) is 60.5 Å². The van der Waals surface area contributed by atoms with E-state index in [0.717, 1.165) is 18.2 Å². The highest BCUT2D eigenvalue weighted by Crippen LogP contribution is 2.60. The second-order valence-corrected chi connectivity index (χ2v) is 6.03. The predicted octanol–water partition coefficient (Wildman–Crippen LogP) is 2.96. The Bertz CT molecular complexity index is 564. The average molecular weight is 279 g/mol. The van der Waals surface area contributed by atoms with Crippen LogP contribution in [-0.4, -0.2) is 18.5 Å². The minimum Gasteiger partial charge on any atom is -0.438 e. The van der Waals surface area contributed by atoms with Gasteiger partial charge in [-0.25, -0.2) is 0 Å². The summed E-state index contributed by atoms with van der Waals surface area (Å²) in [5, 5.41) is 7.55. The lowest BCUT2D eigenvalue weighted by Crippen LogP contribution is -2.12. The summed E-state index contributed by atoms with van der Waals surface area (Å²) >= 11 is 0. The van der Waals surface area contributed by atoms with Gasteiger partial charge >= 0.3 is 0 Å². The Balaban J connectivity index is 0.000000861. The maximum Gasteiger partial charge on any atom is 0.291 e. The Morgan fingerprint density at radius 2 is 1.95 bits per heavy atom. The fourth-order valence-corrected chi connectivity index (χ4v) is 3.60. The second kappa shape index (κ2) is 6.53. The normalized spacial score (nSPS) is 20.6. The number of nitrogens with two attached hydrogens (primary N) is 1. The molecule has 1 unspecified atom stereocenters. The number of rotatable bonds is 3. The summed E-state index contributed by atoms with van der Waals surface area (Å²) in [6, 6.07) is 7.40. The van der Waals surface area contributed by atoms with Crippen molar-refractivity contribution >= 4 is 12.9 Å². The van der Waals surface area contributed by atoms with Crippen LogP contribution in [-0.2, 0) is 4.57 Å². The summed E-state index contributed by atoms with van der Waals surface area (Å²) in [5.74, 6) is 0.585. The van der Waals surface area contributed by atoms with E-state index in [-0.39, 0.29) is 6.29 Å². The van der Waals surface area contributed by atoms with Gasteiger partial charge in [0, 0.05) is 12.7 Å². The molecule has 0 aliphatic carbocycles. The monoisotopic (exact) mass is 279 g/mol. The molecule has 0 saturated heterocycles. The Morgan fingerprint density at radius 3 is 2.47 bits per heavy atom. The SMILES string of the molecule is C=CC1=C(C=C)P(=O)(CN)Oc2ccccc21.CO. The Hall–Kier alpha value is -1.61. The van der Waals surface area contributed by atoms with Gasteiger partial charge in [0.1, 0.15) is 5.75 Å². The summed E-state index contributed by atoms with van der Waals surface area (Å²) in [7, 11) is -2.04. The van der Waals surface area contributed by atoms with Gasteiger partial charge in [-0.3, -0.25) is 4.57 Å². The van der Waals surface area contributed by atoms with Crippen molar-refractivity contribution in [2.75, 3.05) is 13.4 Å². The lowest BCUT2D eigenvalue weighted by atomic mass is 10.0. The highest BCUT2D eigenvalue weighted by molar-refractivity contribution is 7.64. The molecule has 1 heterocycles. The lowest BCUT2D eigenvalue weighted by molar-refractivity contribution is 0.399. The van der Waals surface area contributed by atoms with Crippen LogP contribution in [0.15, 0.2) is 54.9 Å². The van der Waals surface area contributed by atoms with Crippen LogP contribution < -0.4 is 10.3 Å². The topological polar surface area (TPSA) is 72.6 Å². The largest absolute Gasteiger partial charge is 0.438 e. The smallest absolute Gasteiger partial charge is 0.291 e. The third-order valence-corrected chi connectivity index (χ3v) is 4.83. The van der Waals surface area contributed by atoms with Crippen molar-refractivity contribution in [3.8, 4) is 5.75 Å². The van der Waals surface area contributed by atoms with Gasteiger partial charge in [-0.2, -0.15) is 0 Å². The van der Waals surface area contributed by atoms with E-state index in [1.165, 1.54) is 0 Å². The van der Waals surface area contributed by atoms with E-state index >= 15 is 0 Å². The summed E-state index contributed by atoms with van der Waals surface area (Å²) in [5.41, 5.74) is 7.23. The van der Waals surface area contributed by atoms with E-state index in [0.29, 0.717) is 11.1 Å². The van der Waals surface area contributed by atoms with Crippen LogP contribution in [0.25, 0.3) is 5.57 Å². The molecule has 0 bridgehead atoms. The summed E-state index contributed by atoms with van der Waals surface area (Å²) in [6.45, 7) is 7.44. The number of para-hydroxylation sites is 1. The van der Waals surface area contributed by atoms with Crippen LogP contribution in [0.4, 0.5) is 0 Å². The lowest BCUT2D eigenvalue weighted by Gasteiger charge is -2.27. The Kier molecular flexibility index (Phi) is 5.31. The van der Waals surface area contributed by atoms with Gasteiger partial charge in [0.05, 0.1) is 11.6 Å². The zero-order valence-corrected chi connectivity index (χ0v) is 11.8. The van der Waals surface area contributed by atoms with Crippen LogP contribution in [0.3, 0.4) is 0 Å². The van der Waals surface area contributed by atoms with Crippen LogP contribution >= 0.6 is 7.37 Å². The van der Waals surface area contributed by atoms with Crippen LogP contribution in [0.2, 0.25) is 0 Å². The van der Waals surface area contributed by atoms with Crippen molar-refractivity contribution in [3.63, 3.8) is 0 Å². The van der Waals surface area contributed by atoms with Crippen LogP contribution in [0.1, 0.15) is 5.56 Å². The first-order valence-electron chi connectivity index (χ1n) is 5.69. The second-order valence-electron chi connectivity index (χ2n) is 3.65. The molecule has 1 aromatic rings. The first-order chi connectivity index (χ1) is 9.16. The summed E-state index contributed by atoms with van der Waals surface area (Å²) < 4.78 is 18.1. The number of aliphatic hydroxyl groups is 1. The molecule has 2 rings (SSSR count). The molecule has 0 fully saturated rings. The summed E-state index contributed by atoms with van der Waals surface area (Å²) in [4.78, 5) is 0. The third-order valence-electron chi connectivity index (χ3n) is 2.70. The molecule has 1 aliphatic rings. The van der Waals surface area contributed by atoms with Crippen molar-refractivity contribution in [1.82, 2.24) is 0 Å². The molecular formula is C14H18NO3P. The molecule has 0 saturated carbocycles. The number of hydrogen-bond acceptors (Lipinski definition) is 4. The van der Waals surface area contributed by atoms with Crippen LogP contribution in [0, 0.1) is 0 Å². The van der Waals surface area contributed by atoms with Gasteiger partial charge in [0.15, 0.2) is 0 Å². The summed E-state index contributed by atoms with van der Waals surface area (Å²) in [6.07, 6.45) is 3.17. The molecule has 0 spiro atoms. The van der Waals surface area contributed by atoms with Crippen molar-refractivity contribution in [1.29, 1.82) is 0 Å². The van der Waals surface area contributed by atoms with E-state index in [9.17, 15) is 4.57 Å². The number of hydrogen-bond donors (Lipinski definition) is 2. The van der Waals surface area contributed by atoms with E-state index in [1.54, 1.807) is 18.2 Å². The number of fused-ring (bicyclic) bond motifs is 1. The molecule has 0 radical (unpaired) electrons. The number of benzene rings is 1.